The molecule has 0 saturated carbocycles. The molecule has 0 aromatic rings. The standard InChI is InChI=1S/C9H12O2/c1-2-3-4-7-8(10)5-6-9(7)11/h3-8,10H,2H2,1H3. The Bertz CT molecular complexity index is 204. The maximum absolute atomic E-state index is 11.0. The molecule has 0 spiro atoms. The minimum atomic E-state index is -0.606. The topological polar surface area (TPSA) is 37.3 Å². The third kappa shape index (κ3) is 1.77. The van der Waals surface area contributed by atoms with Gasteiger partial charge in [-0.15, -0.1) is 0 Å². The van der Waals surface area contributed by atoms with Crippen LogP contribution < -0.4 is 0 Å². The summed E-state index contributed by atoms with van der Waals surface area (Å²) in [7, 11) is 0. The second kappa shape index (κ2) is 3.49. The number of ketones is 1. The van der Waals surface area contributed by atoms with E-state index in [0.29, 0.717) is 0 Å². The zero-order valence-corrected chi connectivity index (χ0v) is 6.53. The van der Waals surface area contributed by atoms with Crippen LogP contribution in [0.5, 0.6) is 0 Å². The van der Waals surface area contributed by atoms with E-state index in [2.05, 4.69) is 0 Å². The third-order valence-corrected chi connectivity index (χ3v) is 1.73. The van der Waals surface area contributed by atoms with Gasteiger partial charge in [-0.05, 0) is 12.5 Å². The molecule has 1 N–H and O–H groups in total. The average Bonchev–Trinajstić information content (AvgIpc) is 2.29. The van der Waals surface area contributed by atoms with Crippen LogP contribution in [0.2, 0.25) is 0 Å². The molecule has 1 rings (SSSR count). The fourth-order valence-corrected chi connectivity index (χ4v) is 1.08. The van der Waals surface area contributed by atoms with E-state index in [1.165, 1.54) is 12.2 Å². The van der Waals surface area contributed by atoms with Gasteiger partial charge in [0, 0.05) is 0 Å². The van der Waals surface area contributed by atoms with Crippen molar-refractivity contribution in [3.05, 3.63) is 24.3 Å². The predicted molar refractivity (Wildman–Crippen MR) is 43.1 cm³/mol. The van der Waals surface area contributed by atoms with Gasteiger partial charge in [0.2, 0.25) is 0 Å². The van der Waals surface area contributed by atoms with E-state index in [-0.39, 0.29) is 11.7 Å². The highest BCUT2D eigenvalue weighted by Crippen LogP contribution is 2.16. The van der Waals surface area contributed by atoms with Crippen molar-refractivity contribution in [3.63, 3.8) is 0 Å². The van der Waals surface area contributed by atoms with Crippen LogP contribution in [0.3, 0.4) is 0 Å². The van der Waals surface area contributed by atoms with Crippen molar-refractivity contribution in [3.8, 4) is 0 Å². The number of hydrogen-bond acceptors (Lipinski definition) is 2. The highest BCUT2D eigenvalue weighted by atomic mass is 16.3. The van der Waals surface area contributed by atoms with Crippen molar-refractivity contribution >= 4 is 5.78 Å². The summed E-state index contributed by atoms with van der Waals surface area (Å²) >= 11 is 0. The summed E-state index contributed by atoms with van der Waals surface area (Å²) in [6.07, 6.45) is 6.94. The molecular formula is C9H12O2. The van der Waals surface area contributed by atoms with Gasteiger partial charge < -0.3 is 5.11 Å². The summed E-state index contributed by atoms with van der Waals surface area (Å²) in [6.45, 7) is 2.00. The largest absolute Gasteiger partial charge is 0.388 e. The molecule has 11 heavy (non-hydrogen) atoms. The normalized spacial score (nSPS) is 30.5. The van der Waals surface area contributed by atoms with Gasteiger partial charge >= 0.3 is 0 Å². The average molecular weight is 152 g/mol. The summed E-state index contributed by atoms with van der Waals surface area (Å²) in [6, 6.07) is 0. The Kier molecular flexibility index (Phi) is 2.60. The van der Waals surface area contributed by atoms with Crippen molar-refractivity contribution in [1.29, 1.82) is 0 Å². The van der Waals surface area contributed by atoms with Crippen LogP contribution in [0.1, 0.15) is 13.3 Å². The minimum Gasteiger partial charge on any atom is -0.388 e. The summed E-state index contributed by atoms with van der Waals surface area (Å²) in [5.74, 6) is -0.322. The molecule has 0 saturated heterocycles. The van der Waals surface area contributed by atoms with Gasteiger partial charge in [-0.3, -0.25) is 4.79 Å². The molecule has 0 radical (unpaired) electrons. The monoisotopic (exact) mass is 152 g/mol. The Hall–Kier alpha value is -0.890. The van der Waals surface area contributed by atoms with Crippen molar-refractivity contribution in [2.45, 2.75) is 19.4 Å². The summed E-state index contributed by atoms with van der Waals surface area (Å²) in [5, 5.41) is 9.23. The molecule has 0 bridgehead atoms. The Morgan fingerprint density at radius 3 is 2.91 bits per heavy atom. The highest BCUT2D eigenvalue weighted by molar-refractivity contribution is 5.96. The zero-order valence-electron chi connectivity index (χ0n) is 6.53. The van der Waals surface area contributed by atoms with Gasteiger partial charge in [-0.25, -0.2) is 0 Å². The molecule has 0 aromatic heterocycles. The minimum absolute atomic E-state index is 0.00204. The van der Waals surface area contributed by atoms with Crippen LogP contribution in [0, 0.1) is 5.92 Å². The van der Waals surface area contributed by atoms with E-state index in [9.17, 15) is 9.90 Å². The predicted octanol–water partition coefficient (Wildman–Crippen LogP) is 1.07. The molecule has 0 fully saturated rings. The van der Waals surface area contributed by atoms with E-state index in [4.69, 9.17) is 0 Å². The summed E-state index contributed by atoms with van der Waals surface area (Å²) in [5.41, 5.74) is 0. The lowest BCUT2D eigenvalue weighted by molar-refractivity contribution is -0.117. The Morgan fingerprint density at radius 1 is 1.73 bits per heavy atom. The molecule has 2 unspecified atom stereocenters. The van der Waals surface area contributed by atoms with Gasteiger partial charge in [0.05, 0.1) is 12.0 Å². The SMILES string of the molecule is CCC=CC1C(=O)C=CC1O. The van der Waals surface area contributed by atoms with Crippen LogP contribution in [0.4, 0.5) is 0 Å². The number of carbonyl (C=O) groups excluding carboxylic acids is 1. The number of carbonyl (C=O) groups is 1. The Balaban J connectivity index is 2.59. The smallest absolute Gasteiger partial charge is 0.165 e. The molecule has 0 amide bonds. The lowest BCUT2D eigenvalue weighted by Gasteiger charge is -2.06. The Morgan fingerprint density at radius 2 is 2.45 bits per heavy atom. The zero-order chi connectivity index (χ0) is 8.27. The molecule has 60 valence electrons. The molecule has 0 aliphatic heterocycles. The fourth-order valence-electron chi connectivity index (χ4n) is 1.08. The van der Waals surface area contributed by atoms with Crippen LogP contribution in [-0.2, 0) is 4.79 Å². The molecule has 0 heterocycles. The first-order valence-electron chi connectivity index (χ1n) is 3.82. The first-order valence-corrected chi connectivity index (χ1v) is 3.82. The number of aliphatic hydroxyl groups is 1. The first kappa shape index (κ1) is 8.21. The molecule has 1 aliphatic rings. The maximum Gasteiger partial charge on any atom is 0.165 e. The lowest BCUT2D eigenvalue weighted by Crippen LogP contribution is -2.17. The molecular weight excluding hydrogens is 140 g/mol. The molecule has 1 aliphatic carbocycles. The Labute approximate surface area is 66.2 Å². The van der Waals surface area contributed by atoms with Gasteiger partial charge in [0.15, 0.2) is 5.78 Å². The van der Waals surface area contributed by atoms with Crippen LogP contribution in [0.15, 0.2) is 24.3 Å². The van der Waals surface area contributed by atoms with E-state index in [1.54, 1.807) is 6.08 Å². The lowest BCUT2D eigenvalue weighted by atomic mass is 10.0. The molecule has 2 nitrogen and oxygen atoms in total. The van der Waals surface area contributed by atoms with Gasteiger partial charge in [-0.2, -0.15) is 0 Å². The molecule has 0 aromatic carbocycles. The molecule has 2 heteroatoms. The van der Waals surface area contributed by atoms with E-state index < -0.39 is 6.10 Å². The summed E-state index contributed by atoms with van der Waals surface area (Å²) < 4.78 is 0. The first-order chi connectivity index (χ1) is 5.25. The number of allylic oxidation sites excluding steroid dienone is 2. The van der Waals surface area contributed by atoms with E-state index >= 15 is 0 Å². The van der Waals surface area contributed by atoms with Crippen molar-refractivity contribution in [1.82, 2.24) is 0 Å². The van der Waals surface area contributed by atoms with Crippen LogP contribution in [-0.4, -0.2) is 17.0 Å². The van der Waals surface area contributed by atoms with E-state index in [0.717, 1.165) is 6.42 Å². The van der Waals surface area contributed by atoms with Crippen molar-refractivity contribution in [2.24, 2.45) is 5.92 Å². The second-order valence-corrected chi connectivity index (χ2v) is 2.61. The van der Waals surface area contributed by atoms with E-state index in [1.807, 2.05) is 13.0 Å². The van der Waals surface area contributed by atoms with Crippen LogP contribution in [0.25, 0.3) is 0 Å². The van der Waals surface area contributed by atoms with Crippen molar-refractivity contribution < 1.29 is 9.90 Å². The number of hydrogen-bond donors (Lipinski definition) is 1. The van der Waals surface area contributed by atoms with Crippen LogP contribution >= 0.6 is 0 Å². The second-order valence-electron chi connectivity index (χ2n) is 2.61. The third-order valence-electron chi connectivity index (χ3n) is 1.73. The highest BCUT2D eigenvalue weighted by Gasteiger charge is 2.25. The van der Waals surface area contributed by atoms with Gasteiger partial charge in [0.1, 0.15) is 0 Å². The fraction of sp³-hybridized carbons (Fsp3) is 0.444. The van der Waals surface area contributed by atoms with Crippen molar-refractivity contribution in [2.75, 3.05) is 0 Å². The number of aliphatic hydroxyl groups excluding tert-OH is 1. The van der Waals surface area contributed by atoms with Gasteiger partial charge in [0.25, 0.3) is 0 Å². The number of rotatable bonds is 2. The van der Waals surface area contributed by atoms with Gasteiger partial charge in [-0.1, -0.05) is 25.2 Å². The summed E-state index contributed by atoms with van der Waals surface area (Å²) in [4.78, 5) is 11.0. The quantitative estimate of drug-likeness (QED) is 0.601. The molecule has 2 atom stereocenters. The maximum atomic E-state index is 11.0.